The van der Waals surface area contributed by atoms with Gasteiger partial charge in [0.2, 0.25) is 0 Å². The van der Waals surface area contributed by atoms with E-state index in [0.29, 0.717) is 5.56 Å². The van der Waals surface area contributed by atoms with E-state index in [2.05, 4.69) is 0 Å². The molecular formula is C12H11FKNO3S. The van der Waals surface area contributed by atoms with E-state index < -0.39 is 29.0 Å². The molecule has 0 aromatic heterocycles. The SMILES string of the molecule is [2H]C([2H])(C#C)N(C1c2ccccc2CC1[18F])S(=O)(=O)[O-].[K+]. The Morgan fingerprint density at radius 1 is 1.58 bits per heavy atom. The first-order valence-corrected chi connectivity index (χ1v) is 6.50. The van der Waals surface area contributed by atoms with Crippen molar-refractivity contribution in [2.24, 2.45) is 0 Å². The van der Waals surface area contributed by atoms with Gasteiger partial charge in [-0.25, -0.2) is 12.8 Å². The van der Waals surface area contributed by atoms with E-state index in [-0.39, 0.29) is 67.7 Å². The third-order valence-electron chi connectivity index (χ3n) is 2.80. The van der Waals surface area contributed by atoms with E-state index in [4.69, 9.17) is 9.16 Å². The average molecular weight is 308 g/mol. The Hall–Kier alpha value is 0.216. The first kappa shape index (κ1) is 14.2. The van der Waals surface area contributed by atoms with E-state index in [1.54, 1.807) is 24.1 Å². The number of nitrogens with zero attached hydrogens (tertiary/aromatic N) is 1. The quantitative estimate of drug-likeness (QED) is 0.369. The van der Waals surface area contributed by atoms with Crippen LogP contribution in [0, 0.1) is 12.3 Å². The summed E-state index contributed by atoms with van der Waals surface area (Å²) in [4.78, 5) is 0. The van der Waals surface area contributed by atoms with Crippen molar-refractivity contribution < 1.29 is 71.5 Å². The van der Waals surface area contributed by atoms with Crippen LogP contribution in [0.2, 0.25) is 0 Å². The van der Waals surface area contributed by atoms with Crippen molar-refractivity contribution in [3.8, 4) is 12.3 Å². The van der Waals surface area contributed by atoms with E-state index in [1.165, 1.54) is 6.07 Å². The molecule has 0 saturated carbocycles. The Morgan fingerprint density at radius 2 is 2.21 bits per heavy atom. The second-order valence-corrected chi connectivity index (χ2v) is 5.12. The van der Waals surface area contributed by atoms with E-state index in [0.717, 1.165) is 0 Å². The molecule has 0 fully saturated rings. The molecule has 0 N–H and O–H groups in total. The van der Waals surface area contributed by atoms with Gasteiger partial charge in [-0.1, -0.05) is 30.2 Å². The maximum atomic E-state index is 14.1. The monoisotopic (exact) mass is 308 g/mol. The second kappa shape index (κ2) is 6.78. The average Bonchev–Trinajstić information content (AvgIpc) is 2.65. The van der Waals surface area contributed by atoms with Gasteiger partial charge >= 0.3 is 51.4 Å². The minimum absolute atomic E-state index is 0. The molecule has 4 nitrogen and oxygen atoms in total. The van der Waals surface area contributed by atoms with Crippen LogP contribution in [-0.4, -0.2) is 29.9 Å². The van der Waals surface area contributed by atoms with E-state index in [1.807, 2.05) is 0 Å². The Morgan fingerprint density at radius 3 is 2.79 bits per heavy atom. The minimum atomic E-state index is -5.27. The van der Waals surface area contributed by atoms with Crippen molar-refractivity contribution in [1.82, 2.24) is 4.31 Å². The first-order chi connectivity index (χ1) is 9.18. The molecule has 1 aromatic rings. The van der Waals surface area contributed by atoms with Gasteiger partial charge in [-0.2, -0.15) is 4.31 Å². The zero-order valence-corrected chi connectivity index (χ0v) is 14.1. The molecule has 19 heavy (non-hydrogen) atoms. The maximum absolute atomic E-state index is 14.1. The van der Waals surface area contributed by atoms with Gasteiger partial charge in [0.25, 0.3) is 0 Å². The fraction of sp³-hybridized carbons (Fsp3) is 0.333. The van der Waals surface area contributed by atoms with Gasteiger partial charge in [0.15, 0.2) is 10.3 Å². The van der Waals surface area contributed by atoms with Gasteiger partial charge in [0.1, 0.15) is 6.17 Å². The van der Waals surface area contributed by atoms with Gasteiger partial charge in [-0.05, 0) is 11.1 Å². The number of rotatable bonds is 3. The number of hydrogen-bond donors (Lipinski definition) is 0. The molecule has 0 radical (unpaired) electrons. The number of fused-ring (bicyclic) bond motifs is 1. The third-order valence-corrected chi connectivity index (χ3v) is 3.60. The van der Waals surface area contributed by atoms with Gasteiger partial charge < -0.3 is 4.55 Å². The smallest absolute Gasteiger partial charge is 0.735 e. The van der Waals surface area contributed by atoms with Crippen molar-refractivity contribution in [1.29, 1.82) is 0 Å². The van der Waals surface area contributed by atoms with Crippen LogP contribution in [-0.2, 0) is 16.7 Å². The predicted molar refractivity (Wildman–Crippen MR) is 63.0 cm³/mol. The maximum Gasteiger partial charge on any atom is 1.00 e. The van der Waals surface area contributed by atoms with Crippen LogP contribution in [0.5, 0.6) is 0 Å². The van der Waals surface area contributed by atoms with Crippen molar-refractivity contribution in [3.05, 3.63) is 35.4 Å². The number of hydrogen-bond acceptors (Lipinski definition) is 3. The van der Waals surface area contributed by atoms with Crippen LogP contribution < -0.4 is 51.4 Å². The zero-order valence-electron chi connectivity index (χ0n) is 12.2. The molecule has 0 heterocycles. The van der Waals surface area contributed by atoms with Gasteiger partial charge in [-0.15, -0.1) is 6.42 Å². The third kappa shape index (κ3) is 3.65. The van der Waals surface area contributed by atoms with Crippen molar-refractivity contribution in [2.75, 3.05) is 6.50 Å². The molecule has 96 valence electrons. The molecule has 1 aliphatic rings. The van der Waals surface area contributed by atoms with Crippen molar-refractivity contribution in [3.63, 3.8) is 0 Å². The fourth-order valence-corrected chi connectivity index (χ4v) is 2.81. The van der Waals surface area contributed by atoms with Gasteiger partial charge in [0.05, 0.1) is 15.3 Å². The summed E-state index contributed by atoms with van der Waals surface area (Å²) < 4.78 is 63.1. The Bertz CT molecular complexity index is 677. The van der Waals surface area contributed by atoms with Crippen LogP contribution in [0.1, 0.15) is 19.9 Å². The number of halogens is 1. The minimum Gasteiger partial charge on any atom is -0.735 e. The predicted octanol–water partition coefficient (Wildman–Crippen LogP) is -1.98. The summed E-state index contributed by atoms with van der Waals surface area (Å²) in [5.74, 6) is 1.59. The van der Waals surface area contributed by atoms with Crippen molar-refractivity contribution >= 4 is 10.3 Å². The number of alkyl halides is 1. The molecule has 2 unspecified atom stereocenters. The van der Waals surface area contributed by atoms with Gasteiger partial charge in [0, 0.05) is 6.42 Å². The Labute approximate surface area is 157 Å². The standard InChI is InChI=1S/C12H12FNO3S.K/c1-2-7-14(18(15,16)17)12-10-6-4-3-5-9(10)8-11(12)13;/h1,3-6,11-12H,7-8H2,(H,15,16,17);/q;+1/p-1/i7D2,13-1;. The normalized spacial score (nSPS) is 23.9. The molecule has 2 rings (SSSR count). The van der Waals surface area contributed by atoms with E-state index >= 15 is 0 Å². The zero-order chi connectivity index (χ0) is 15.1. The molecule has 0 amide bonds. The second-order valence-electron chi connectivity index (χ2n) is 3.87. The topological polar surface area (TPSA) is 60.4 Å². The Balaban J connectivity index is 0.00000220. The number of terminal acetylenes is 1. The summed E-state index contributed by atoms with van der Waals surface area (Å²) in [6.45, 7) is -2.90. The van der Waals surface area contributed by atoms with Crippen LogP contribution >= 0.6 is 0 Å². The molecular weight excluding hydrogens is 295 g/mol. The van der Waals surface area contributed by atoms with Crippen molar-refractivity contribution in [2.45, 2.75) is 18.6 Å². The molecule has 1 aliphatic carbocycles. The molecule has 2 atom stereocenters. The molecule has 0 saturated heterocycles. The summed E-state index contributed by atoms with van der Waals surface area (Å²) in [5.41, 5.74) is 0.796. The molecule has 0 spiro atoms. The molecule has 1 aromatic carbocycles. The molecule has 0 bridgehead atoms. The summed E-state index contributed by atoms with van der Waals surface area (Å²) in [6, 6.07) is 4.73. The summed E-state index contributed by atoms with van der Waals surface area (Å²) >= 11 is 0. The van der Waals surface area contributed by atoms with E-state index in [9.17, 15) is 17.4 Å². The molecule has 0 aliphatic heterocycles. The fourth-order valence-electron chi connectivity index (χ4n) is 2.13. The molecule has 7 heteroatoms. The van der Waals surface area contributed by atoms with Crippen LogP contribution in [0.25, 0.3) is 0 Å². The van der Waals surface area contributed by atoms with Crippen LogP contribution in [0.15, 0.2) is 24.3 Å². The van der Waals surface area contributed by atoms with Crippen LogP contribution in [0.3, 0.4) is 0 Å². The Kier molecular flexibility index (Phi) is 5.06. The first-order valence-electron chi connectivity index (χ1n) is 6.13. The van der Waals surface area contributed by atoms with Crippen LogP contribution in [0.4, 0.5) is 4.39 Å². The number of benzene rings is 1. The summed E-state index contributed by atoms with van der Waals surface area (Å²) in [5, 5.41) is 0. The summed E-state index contributed by atoms with van der Waals surface area (Å²) in [7, 11) is -5.27. The van der Waals surface area contributed by atoms with Gasteiger partial charge in [-0.3, -0.25) is 0 Å². The largest absolute Gasteiger partial charge is 1.00 e. The summed E-state index contributed by atoms with van der Waals surface area (Å²) in [6.07, 6.45) is 3.13.